The van der Waals surface area contributed by atoms with Crippen LogP contribution >= 0.6 is 11.7 Å². The quantitative estimate of drug-likeness (QED) is 0.663. The molecule has 3 rings (SSSR count). The molecule has 1 fully saturated rings. The molecular formula is C15H25N7OS. The van der Waals surface area contributed by atoms with E-state index in [2.05, 4.69) is 24.1 Å². The van der Waals surface area contributed by atoms with E-state index >= 15 is 0 Å². The molecule has 0 saturated carbocycles. The molecule has 2 aromatic rings. The second-order valence-corrected chi connectivity index (χ2v) is 6.58. The number of hydrogen-bond donors (Lipinski definition) is 2. The summed E-state index contributed by atoms with van der Waals surface area (Å²) in [6.45, 7) is 4.79. The molecular weight excluding hydrogens is 326 g/mol. The van der Waals surface area contributed by atoms with Crippen LogP contribution in [0.15, 0.2) is 12.4 Å². The Morgan fingerprint density at radius 3 is 2.88 bits per heavy atom. The molecule has 1 aliphatic heterocycles. The summed E-state index contributed by atoms with van der Waals surface area (Å²) in [5.74, 6) is 1.14. The summed E-state index contributed by atoms with van der Waals surface area (Å²) < 4.78 is 8.00. The van der Waals surface area contributed by atoms with Crippen molar-refractivity contribution >= 4 is 23.4 Å². The monoisotopic (exact) mass is 351 g/mol. The molecule has 1 saturated heterocycles. The second-order valence-electron chi connectivity index (χ2n) is 6.05. The van der Waals surface area contributed by atoms with E-state index in [9.17, 15) is 0 Å². The minimum Gasteiger partial charge on any atom is -0.397 e. The zero-order valence-electron chi connectivity index (χ0n) is 13.9. The van der Waals surface area contributed by atoms with Crippen molar-refractivity contribution in [3.8, 4) is 0 Å². The summed E-state index contributed by atoms with van der Waals surface area (Å²) in [6.07, 6.45) is 9.76. The predicted octanol–water partition coefficient (Wildman–Crippen LogP) is 1.62. The minimum absolute atomic E-state index is 0.467. The van der Waals surface area contributed by atoms with Gasteiger partial charge >= 0.3 is 0 Å². The molecule has 0 radical (unpaired) electrons. The number of hydrogen-bond acceptors (Lipinski definition) is 8. The van der Waals surface area contributed by atoms with Gasteiger partial charge in [0.15, 0.2) is 11.6 Å². The first kappa shape index (κ1) is 17.0. The van der Waals surface area contributed by atoms with E-state index in [0.29, 0.717) is 18.2 Å². The van der Waals surface area contributed by atoms with Crippen molar-refractivity contribution in [2.24, 2.45) is 0 Å². The van der Waals surface area contributed by atoms with Gasteiger partial charge in [-0.05, 0) is 38.8 Å². The smallest absolute Gasteiger partial charge is 0.184 e. The van der Waals surface area contributed by atoms with Crippen molar-refractivity contribution in [2.75, 3.05) is 37.3 Å². The number of unbranched alkanes of at least 4 members (excludes halogenated alkanes) is 1. The maximum Gasteiger partial charge on any atom is 0.184 e. The normalized spacial score (nSPS) is 15.5. The van der Waals surface area contributed by atoms with Crippen LogP contribution in [-0.2, 0) is 6.54 Å². The topological polar surface area (TPSA) is 94.1 Å². The van der Waals surface area contributed by atoms with Crippen LogP contribution in [0, 0.1) is 0 Å². The van der Waals surface area contributed by atoms with Gasteiger partial charge in [0.05, 0.1) is 24.1 Å². The summed E-state index contributed by atoms with van der Waals surface area (Å²) in [5.41, 5.74) is 6.87. The number of piperidine rings is 1. The third-order valence-electron chi connectivity index (χ3n) is 4.07. The lowest BCUT2D eigenvalue weighted by Crippen LogP contribution is -2.28. The van der Waals surface area contributed by atoms with Gasteiger partial charge in [0.1, 0.15) is 6.61 Å². The first-order valence-corrected chi connectivity index (χ1v) is 9.25. The summed E-state index contributed by atoms with van der Waals surface area (Å²) in [7, 11) is 0. The van der Waals surface area contributed by atoms with Crippen molar-refractivity contribution in [3.05, 3.63) is 18.0 Å². The summed E-state index contributed by atoms with van der Waals surface area (Å²) >= 11 is 1.12. The average Bonchev–Trinajstić information content (AvgIpc) is 3.21. The van der Waals surface area contributed by atoms with Crippen LogP contribution in [-0.4, -0.2) is 49.8 Å². The standard InChI is InChI=1S/C15H25N7OS/c16-14-15(20-24-19-14)17-6-2-5-9-23-22-12-13(10-18-22)11-21-7-3-1-4-8-21/h10,12H,1-9,11H2,(H2,16,19)(H,17,20). The van der Waals surface area contributed by atoms with Gasteiger partial charge in [-0.2, -0.15) is 8.75 Å². The Kier molecular flexibility index (Phi) is 6.25. The molecule has 8 nitrogen and oxygen atoms in total. The van der Waals surface area contributed by atoms with Crippen LogP contribution < -0.4 is 15.9 Å². The van der Waals surface area contributed by atoms with Gasteiger partial charge in [0.2, 0.25) is 0 Å². The Balaban J connectivity index is 1.29. The zero-order valence-corrected chi connectivity index (χ0v) is 14.7. The SMILES string of the molecule is Nc1nsnc1NCCCCOn1cc(CN2CCCCC2)cn1. The molecule has 9 heteroatoms. The highest BCUT2D eigenvalue weighted by Crippen LogP contribution is 2.13. The van der Waals surface area contributed by atoms with Crippen LogP contribution in [0.2, 0.25) is 0 Å². The Hall–Kier alpha value is -1.87. The van der Waals surface area contributed by atoms with Crippen LogP contribution in [0.5, 0.6) is 0 Å². The van der Waals surface area contributed by atoms with E-state index in [1.165, 1.54) is 37.9 Å². The number of rotatable bonds is 9. The summed E-state index contributed by atoms with van der Waals surface area (Å²) in [4.78, 5) is 9.71. The van der Waals surface area contributed by atoms with E-state index in [1.54, 1.807) is 4.85 Å². The van der Waals surface area contributed by atoms with Crippen molar-refractivity contribution in [1.82, 2.24) is 23.6 Å². The number of nitrogens with zero attached hydrogens (tertiary/aromatic N) is 5. The number of anilines is 2. The minimum atomic E-state index is 0.467. The first-order chi connectivity index (χ1) is 11.8. The molecule has 3 heterocycles. The lowest BCUT2D eigenvalue weighted by Gasteiger charge is -2.25. The fourth-order valence-electron chi connectivity index (χ4n) is 2.78. The van der Waals surface area contributed by atoms with Crippen LogP contribution in [0.1, 0.15) is 37.7 Å². The Labute approximate surface area is 146 Å². The molecule has 0 amide bonds. The van der Waals surface area contributed by atoms with E-state index in [-0.39, 0.29) is 0 Å². The number of aromatic nitrogens is 4. The van der Waals surface area contributed by atoms with E-state index < -0.39 is 0 Å². The zero-order chi connectivity index (χ0) is 16.6. The van der Waals surface area contributed by atoms with Crippen molar-refractivity contribution in [3.63, 3.8) is 0 Å². The highest BCUT2D eigenvalue weighted by Gasteiger charge is 2.11. The van der Waals surface area contributed by atoms with Gasteiger partial charge in [-0.3, -0.25) is 4.90 Å². The molecule has 0 unspecified atom stereocenters. The lowest BCUT2D eigenvalue weighted by atomic mass is 10.1. The van der Waals surface area contributed by atoms with Crippen molar-refractivity contribution in [2.45, 2.75) is 38.6 Å². The van der Waals surface area contributed by atoms with Crippen molar-refractivity contribution < 1.29 is 4.84 Å². The van der Waals surface area contributed by atoms with Crippen LogP contribution in [0.3, 0.4) is 0 Å². The number of nitrogen functional groups attached to an aromatic ring is 1. The van der Waals surface area contributed by atoms with E-state index in [0.717, 1.165) is 37.7 Å². The maximum atomic E-state index is 5.66. The summed E-state index contributed by atoms with van der Waals surface area (Å²) in [5, 5.41) is 7.44. The molecule has 1 aliphatic rings. The molecule has 0 atom stereocenters. The Morgan fingerprint density at radius 1 is 1.21 bits per heavy atom. The molecule has 0 aromatic carbocycles. The van der Waals surface area contributed by atoms with Gasteiger partial charge in [-0.25, -0.2) is 0 Å². The Morgan fingerprint density at radius 2 is 2.08 bits per heavy atom. The summed E-state index contributed by atoms with van der Waals surface area (Å²) in [6, 6.07) is 0. The van der Waals surface area contributed by atoms with Crippen LogP contribution in [0.4, 0.5) is 11.6 Å². The van der Waals surface area contributed by atoms with Gasteiger partial charge in [-0.1, -0.05) is 6.42 Å². The molecule has 0 aliphatic carbocycles. The molecule has 2 aromatic heterocycles. The lowest BCUT2D eigenvalue weighted by molar-refractivity contribution is 0.0797. The maximum absolute atomic E-state index is 5.66. The number of nitrogens with one attached hydrogen (secondary N) is 1. The fraction of sp³-hybridized carbons (Fsp3) is 0.667. The number of likely N-dealkylation sites (tertiary alicyclic amines) is 1. The van der Waals surface area contributed by atoms with E-state index in [1.807, 2.05) is 12.4 Å². The van der Waals surface area contributed by atoms with Gasteiger partial charge in [-0.15, -0.1) is 9.94 Å². The molecule has 3 N–H and O–H groups in total. The molecule has 24 heavy (non-hydrogen) atoms. The van der Waals surface area contributed by atoms with E-state index in [4.69, 9.17) is 10.6 Å². The number of nitrogens with two attached hydrogens (primary N) is 1. The van der Waals surface area contributed by atoms with Gasteiger partial charge in [0, 0.05) is 18.7 Å². The average molecular weight is 351 g/mol. The highest BCUT2D eigenvalue weighted by molar-refractivity contribution is 6.99. The van der Waals surface area contributed by atoms with Gasteiger partial charge in [0.25, 0.3) is 0 Å². The highest BCUT2D eigenvalue weighted by atomic mass is 32.1. The molecule has 132 valence electrons. The van der Waals surface area contributed by atoms with Crippen molar-refractivity contribution in [1.29, 1.82) is 0 Å². The first-order valence-electron chi connectivity index (χ1n) is 8.52. The largest absolute Gasteiger partial charge is 0.397 e. The Bertz CT molecular complexity index is 608. The van der Waals surface area contributed by atoms with Gasteiger partial charge < -0.3 is 15.9 Å². The fourth-order valence-corrected chi connectivity index (χ4v) is 3.23. The molecule has 0 spiro atoms. The predicted molar refractivity (Wildman–Crippen MR) is 94.8 cm³/mol. The van der Waals surface area contributed by atoms with Crippen LogP contribution in [0.25, 0.3) is 0 Å². The second kappa shape index (κ2) is 8.84. The molecule has 0 bridgehead atoms. The third kappa shape index (κ3) is 5.07. The third-order valence-corrected chi connectivity index (χ3v) is 4.61.